The number of nitrogens with one attached hydrogen (secondary N) is 4. The largest absolute Gasteiger partial charge is 0.490 e. The Kier molecular flexibility index (Phi) is 15.7. The Balaban J connectivity index is 0.000000240. The van der Waals surface area contributed by atoms with Gasteiger partial charge in [-0.05, 0) is 114 Å². The highest BCUT2D eigenvalue weighted by Gasteiger charge is 2.19. The number of hydrogen-bond donors (Lipinski definition) is 4. The van der Waals surface area contributed by atoms with E-state index in [4.69, 9.17) is 18.9 Å². The van der Waals surface area contributed by atoms with Crippen LogP contribution in [-0.4, -0.2) is 71.7 Å². The van der Waals surface area contributed by atoms with Crippen molar-refractivity contribution < 1.29 is 28.5 Å². The lowest BCUT2D eigenvalue weighted by Gasteiger charge is -2.27. The lowest BCUT2D eigenvalue weighted by molar-refractivity contribution is 0.0512. The number of aromatic nitrogens is 2. The number of pyridine rings is 2. The van der Waals surface area contributed by atoms with Crippen LogP contribution in [0.3, 0.4) is 0 Å². The third-order valence-electron chi connectivity index (χ3n) is 8.37. The van der Waals surface area contributed by atoms with Crippen molar-refractivity contribution in [3.63, 3.8) is 0 Å². The molecule has 2 amide bonds. The first kappa shape index (κ1) is 42.8. The first-order valence-electron chi connectivity index (χ1n) is 18.5. The van der Waals surface area contributed by atoms with Crippen LogP contribution in [0.15, 0.2) is 85.5 Å². The van der Waals surface area contributed by atoms with Crippen LogP contribution in [0.5, 0.6) is 11.5 Å². The average molecular weight is 775 g/mol. The maximum atomic E-state index is 11.8. The zero-order valence-corrected chi connectivity index (χ0v) is 33.5. The molecule has 2 aliphatic rings. The van der Waals surface area contributed by atoms with Gasteiger partial charge in [0.05, 0.1) is 12.4 Å². The first-order chi connectivity index (χ1) is 25.8. The minimum absolute atomic E-state index is 0. The van der Waals surface area contributed by atoms with Crippen molar-refractivity contribution >= 4 is 24.6 Å². The second-order valence-electron chi connectivity index (χ2n) is 15.4. The van der Waals surface area contributed by atoms with E-state index >= 15 is 0 Å². The highest BCUT2D eigenvalue weighted by Crippen LogP contribution is 2.25. The number of benzene rings is 2. The van der Waals surface area contributed by atoms with Crippen molar-refractivity contribution in [2.45, 2.75) is 90.8 Å². The maximum absolute atomic E-state index is 11.8. The zero-order chi connectivity index (χ0) is 38.6. The summed E-state index contributed by atoms with van der Waals surface area (Å²) in [5.74, 6) is 1.52. The molecule has 2 aliphatic heterocycles. The number of carbonyl (C=O) groups excluding carboxylic acids is 2. The smallest absolute Gasteiger partial charge is 0.407 e. The van der Waals surface area contributed by atoms with Crippen molar-refractivity contribution in [1.82, 2.24) is 31.2 Å². The van der Waals surface area contributed by atoms with Gasteiger partial charge in [0.25, 0.3) is 0 Å². The average Bonchev–Trinajstić information content (AvgIpc) is 3.08. The molecule has 4 N–H and O–H groups in total. The lowest BCUT2D eigenvalue weighted by Crippen LogP contribution is -2.46. The van der Waals surface area contributed by atoms with Gasteiger partial charge in [0.1, 0.15) is 35.9 Å². The van der Waals surface area contributed by atoms with Gasteiger partial charge in [-0.1, -0.05) is 36.4 Å². The third-order valence-corrected chi connectivity index (χ3v) is 8.37. The fourth-order valence-electron chi connectivity index (χ4n) is 5.38. The number of alkyl carbamates (subject to hydrolysis) is 2. The van der Waals surface area contributed by atoms with Crippen LogP contribution in [0.2, 0.25) is 0 Å². The molecule has 55 heavy (non-hydrogen) atoms. The highest BCUT2D eigenvalue weighted by atomic mass is 35.5. The van der Waals surface area contributed by atoms with Crippen LogP contribution >= 0.6 is 12.4 Å². The van der Waals surface area contributed by atoms with E-state index in [-0.39, 0.29) is 12.4 Å². The molecular weight excluding hydrogens is 720 g/mol. The van der Waals surface area contributed by atoms with E-state index in [2.05, 4.69) is 31.2 Å². The third kappa shape index (κ3) is 15.0. The SMILES string of the molecule is CC(C)(C)OC(=O)NCc1cccc(-c2cncc(OC[C@@H]3CCN3)c2)c1.CC(C)(C)OC(=O)NCc1cccc(-c2cncc(OC[C@@H]3CCN3)c2)c1.Cl. The van der Waals surface area contributed by atoms with Gasteiger partial charge >= 0.3 is 12.2 Å². The van der Waals surface area contributed by atoms with Gasteiger partial charge in [-0.25, -0.2) is 9.59 Å². The summed E-state index contributed by atoms with van der Waals surface area (Å²) in [6.07, 6.45) is 8.55. The molecule has 0 bridgehead atoms. The monoisotopic (exact) mass is 774 g/mol. The topological polar surface area (TPSA) is 145 Å². The molecule has 12 nitrogen and oxygen atoms in total. The summed E-state index contributed by atoms with van der Waals surface area (Å²) in [5.41, 5.74) is 4.98. The van der Waals surface area contributed by atoms with E-state index < -0.39 is 23.4 Å². The molecule has 2 fully saturated rings. The highest BCUT2D eigenvalue weighted by molar-refractivity contribution is 5.85. The quantitative estimate of drug-likeness (QED) is 0.115. The summed E-state index contributed by atoms with van der Waals surface area (Å²) in [6.45, 7) is 15.3. The first-order valence-corrected chi connectivity index (χ1v) is 18.5. The molecule has 2 saturated heterocycles. The van der Waals surface area contributed by atoms with E-state index in [0.29, 0.717) is 38.4 Å². The fourth-order valence-corrected chi connectivity index (χ4v) is 5.38. The molecule has 13 heteroatoms. The van der Waals surface area contributed by atoms with Gasteiger partial charge in [0.15, 0.2) is 0 Å². The predicted molar refractivity (Wildman–Crippen MR) is 217 cm³/mol. The van der Waals surface area contributed by atoms with E-state index in [9.17, 15) is 9.59 Å². The normalized spacial score (nSPS) is 16.0. The summed E-state index contributed by atoms with van der Waals surface area (Å²) in [7, 11) is 0. The Morgan fingerprint density at radius 3 is 1.38 bits per heavy atom. The molecular formula is C42H55ClN6O6. The number of amides is 2. The molecule has 6 rings (SSSR count). The molecule has 2 aromatic carbocycles. The number of halogens is 1. The van der Waals surface area contributed by atoms with Gasteiger partial charge in [0.2, 0.25) is 0 Å². The van der Waals surface area contributed by atoms with Crippen LogP contribution in [0, 0.1) is 0 Å². The van der Waals surface area contributed by atoms with Crippen molar-refractivity contribution in [3.8, 4) is 33.8 Å². The molecule has 0 saturated carbocycles. The van der Waals surface area contributed by atoms with Crippen molar-refractivity contribution in [2.75, 3.05) is 26.3 Å². The minimum Gasteiger partial charge on any atom is -0.490 e. The number of carbonyl (C=O) groups is 2. The summed E-state index contributed by atoms with van der Waals surface area (Å²) < 4.78 is 22.2. The van der Waals surface area contributed by atoms with Crippen LogP contribution in [-0.2, 0) is 22.6 Å². The van der Waals surface area contributed by atoms with E-state index in [1.165, 1.54) is 0 Å². The summed E-state index contributed by atoms with van der Waals surface area (Å²) >= 11 is 0. The van der Waals surface area contributed by atoms with Crippen molar-refractivity contribution in [1.29, 1.82) is 0 Å². The molecule has 4 aromatic rings. The van der Waals surface area contributed by atoms with Crippen molar-refractivity contribution in [3.05, 3.63) is 96.6 Å². The Morgan fingerprint density at radius 2 is 1.04 bits per heavy atom. The lowest BCUT2D eigenvalue weighted by atomic mass is 10.0. The Hall–Kier alpha value is -4.91. The molecule has 0 spiro atoms. The van der Waals surface area contributed by atoms with Gasteiger partial charge < -0.3 is 40.2 Å². The Morgan fingerprint density at radius 1 is 0.636 bits per heavy atom. The minimum atomic E-state index is -0.507. The van der Waals surface area contributed by atoms with Gasteiger partial charge in [-0.3, -0.25) is 9.97 Å². The molecule has 0 aliphatic carbocycles. The standard InChI is InChI=1S/2C21H27N3O3.ClH/c2*1-21(2,3)27-20(25)24-11-15-5-4-6-16(9-15)17-10-19(13-22-12-17)26-14-18-7-8-23-18;/h2*4-6,9-10,12-13,18,23H,7-8,11,14H2,1-3H3,(H,24,25);1H/t2*18-;/m00./s1. The second kappa shape index (κ2) is 20.1. The number of hydrogen-bond acceptors (Lipinski definition) is 10. The van der Waals surface area contributed by atoms with Gasteiger partial charge in [-0.2, -0.15) is 0 Å². The molecule has 296 valence electrons. The molecule has 2 aromatic heterocycles. The van der Waals surface area contributed by atoms with E-state index in [1.807, 2.05) is 115 Å². The predicted octanol–water partition coefficient (Wildman–Crippen LogP) is 7.45. The molecule has 2 atom stereocenters. The van der Waals surface area contributed by atoms with E-state index in [1.54, 1.807) is 12.4 Å². The second-order valence-corrected chi connectivity index (χ2v) is 15.4. The summed E-state index contributed by atoms with van der Waals surface area (Å²) in [6, 6.07) is 20.8. The maximum Gasteiger partial charge on any atom is 0.407 e. The van der Waals surface area contributed by atoms with Crippen molar-refractivity contribution in [2.24, 2.45) is 0 Å². The van der Waals surface area contributed by atoms with Crippen LogP contribution < -0.4 is 30.7 Å². The van der Waals surface area contributed by atoms with Gasteiger partial charge in [0, 0.05) is 48.7 Å². The van der Waals surface area contributed by atoms with Gasteiger partial charge in [-0.15, -0.1) is 12.4 Å². The van der Waals surface area contributed by atoms with Crippen LogP contribution in [0.25, 0.3) is 22.3 Å². The van der Waals surface area contributed by atoms with Crippen LogP contribution in [0.4, 0.5) is 9.59 Å². The summed E-state index contributed by atoms with van der Waals surface area (Å²) in [4.78, 5) is 32.2. The molecule has 0 radical (unpaired) electrons. The number of nitrogens with zero attached hydrogens (tertiary/aromatic N) is 2. The molecule has 0 unspecified atom stereocenters. The fraction of sp³-hybridized carbons (Fsp3) is 0.429. The van der Waals surface area contributed by atoms with E-state index in [0.717, 1.165) is 70.8 Å². The number of ether oxygens (including phenoxy) is 4. The molecule has 4 heterocycles. The zero-order valence-electron chi connectivity index (χ0n) is 32.6. The Bertz CT molecular complexity index is 1700. The van der Waals surface area contributed by atoms with Crippen LogP contribution in [0.1, 0.15) is 65.5 Å². The number of rotatable bonds is 12. The Labute approximate surface area is 330 Å². The summed E-state index contributed by atoms with van der Waals surface area (Å²) in [5, 5.41) is 12.2.